The van der Waals surface area contributed by atoms with E-state index in [9.17, 15) is 0 Å². The van der Waals surface area contributed by atoms with Gasteiger partial charge < -0.3 is 18.3 Å². The molecule has 0 rings (SSSR count). The van der Waals surface area contributed by atoms with Crippen molar-refractivity contribution in [1.29, 1.82) is 0 Å². The van der Waals surface area contributed by atoms with E-state index in [-0.39, 0.29) is 11.5 Å². The highest BCUT2D eigenvalue weighted by Crippen LogP contribution is 2.21. The fourth-order valence-corrected chi connectivity index (χ4v) is 4.55. The molecule has 0 aliphatic rings. The number of ether oxygens (including phenoxy) is 2. The van der Waals surface area contributed by atoms with E-state index in [1.807, 2.05) is 13.8 Å². The van der Waals surface area contributed by atoms with E-state index >= 15 is 0 Å². The Bertz CT molecular complexity index is 209. The number of hydrogen-bond donors (Lipinski definition) is 0. The Morgan fingerprint density at radius 3 is 1.53 bits per heavy atom. The minimum atomic E-state index is -2.56. The molecular weight excluding hydrogens is 236 g/mol. The first-order valence-electron chi connectivity index (χ1n) is 5.64. The molecular formula is C12H24O4Si. The molecule has 0 aromatic rings. The highest BCUT2D eigenvalue weighted by Gasteiger charge is 2.49. The highest BCUT2D eigenvalue weighted by molar-refractivity contribution is 6.69. The van der Waals surface area contributed by atoms with Gasteiger partial charge in [0.1, 0.15) is 11.5 Å². The van der Waals surface area contributed by atoms with Crippen LogP contribution in [-0.4, -0.2) is 47.4 Å². The van der Waals surface area contributed by atoms with Crippen LogP contribution in [0.1, 0.15) is 13.8 Å². The maximum atomic E-state index is 5.63. The van der Waals surface area contributed by atoms with E-state index in [1.165, 1.54) is 0 Å². The fraction of sp³-hybridized carbons (Fsp3) is 0.667. The Morgan fingerprint density at radius 1 is 0.941 bits per heavy atom. The average molecular weight is 260 g/mol. The Kier molecular flexibility index (Phi) is 8.37. The third kappa shape index (κ3) is 4.37. The van der Waals surface area contributed by atoms with Gasteiger partial charge in [0.05, 0.1) is 13.2 Å². The van der Waals surface area contributed by atoms with Gasteiger partial charge in [0.2, 0.25) is 0 Å². The molecule has 4 nitrogen and oxygen atoms in total. The molecule has 0 aromatic heterocycles. The summed E-state index contributed by atoms with van der Waals surface area (Å²) < 4.78 is 22.5. The smallest absolute Gasteiger partial charge is 0.395 e. The van der Waals surface area contributed by atoms with E-state index in [1.54, 1.807) is 26.4 Å². The molecule has 0 saturated carbocycles. The summed E-state index contributed by atoms with van der Waals surface area (Å²) in [5.41, 5.74) is -0.286. The van der Waals surface area contributed by atoms with Gasteiger partial charge in [0, 0.05) is 14.2 Å². The number of rotatable bonds is 10. The third-order valence-electron chi connectivity index (χ3n) is 2.70. The van der Waals surface area contributed by atoms with Crippen molar-refractivity contribution in [1.82, 2.24) is 0 Å². The lowest BCUT2D eigenvalue weighted by molar-refractivity contribution is 0.0361. The third-order valence-corrected chi connectivity index (χ3v) is 6.58. The summed E-state index contributed by atoms with van der Waals surface area (Å²) in [6, 6.07) is 0. The SMILES string of the molecule is C=CCOC(C)[Si](OC)(OC)C(C)OCC=C. The molecule has 0 heterocycles. The van der Waals surface area contributed by atoms with Crippen molar-refractivity contribution in [2.75, 3.05) is 27.4 Å². The molecule has 0 aromatic carbocycles. The van der Waals surface area contributed by atoms with Gasteiger partial charge >= 0.3 is 8.56 Å². The quantitative estimate of drug-likeness (QED) is 0.444. The molecule has 2 atom stereocenters. The summed E-state index contributed by atoms with van der Waals surface area (Å²) in [5.74, 6) is 0. The van der Waals surface area contributed by atoms with E-state index < -0.39 is 8.56 Å². The van der Waals surface area contributed by atoms with Gasteiger partial charge in [0.15, 0.2) is 0 Å². The minimum Gasteiger partial charge on any atom is -0.395 e. The van der Waals surface area contributed by atoms with Crippen LogP contribution in [0.4, 0.5) is 0 Å². The second kappa shape index (κ2) is 8.60. The lowest BCUT2D eigenvalue weighted by Gasteiger charge is -2.36. The van der Waals surface area contributed by atoms with Crippen LogP contribution in [0.5, 0.6) is 0 Å². The second-order valence-corrected chi connectivity index (χ2v) is 7.54. The van der Waals surface area contributed by atoms with Crippen LogP contribution in [0.3, 0.4) is 0 Å². The summed E-state index contributed by atoms with van der Waals surface area (Å²) in [6.07, 6.45) is 3.41. The van der Waals surface area contributed by atoms with Gasteiger partial charge in [-0.1, -0.05) is 12.2 Å². The molecule has 100 valence electrons. The number of hydrogen-bond acceptors (Lipinski definition) is 4. The van der Waals surface area contributed by atoms with Crippen LogP contribution in [0.25, 0.3) is 0 Å². The van der Waals surface area contributed by atoms with Crippen molar-refractivity contribution in [3.63, 3.8) is 0 Å². The molecule has 0 bridgehead atoms. The minimum absolute atomic E-state index is 0.143. The molecule has 0 spiro atoms. The van der Waals surface area contributed by atoms with E-state index in [0.717, 1.165) is 0 Å². The van der Waals surface area contributed by atoms with Crippen LogP contribution < -0.4 is 0 Å². The predicted molar refractivity (Wildman–Crippen MR) is 71.0 cm³/mol. The average Bonchev–Trinajstić information content (AvgIpc) is 2.35. The molecule has 0 amide bonds. The molecule has 0 aliphatic carbocycles. The second-order valence-electron chi connectivity index (χ2n) is 3.66. The van der Waals surface area contributed by atoms with Gasteiger partial charge in [-0.3, -0.25) is 0 Å². The normalized spacial score (nSPS) is 15.3. The Balaban J connectivity index is 4.72. The monoisotopic (exact) mass is 260 g/mol. The van der Waals surface area contributed by atoms with Gasteiger partial charge in [0.25, 0.3) is 0 Å². The lowest BCUT2D eigenvalue weighted by Crippen LogP contribution is -2.61. The van der Waals surface area contributed by atoms with Gasteiger partial charge in [-0.25, -0.2) is 0 Å². The zero-order valence-electron chi connectivity index (χ0n) is 11.3. The van der Waals surface area contributed by atoms with Gasteiger partial charge in [-0.05, 0) is 13.8 Å². The van der Waals surface area contributed by atoms with Crippen LogP contribution >= 0.6 is 0 Å². The van der Waals surface area contributed by atoms with Crippen molar-refractivity contribution in [3.8, 4) is 0 Å². The lowest BCUT2D eigenvalue weighted by atomic mass is 10.7. The van der Waals surface area contributed by atoms with Crippen LogP contribution in [0.15, 0.2) is 25.3 Å². The summed E-state index contributed by atoms with van der Waals surface area (Å²) in [7, 11) is 0.708. The summed E-state index contributed by atoms with van der Waals surface area (Å²) in [6.45, 7) is 12.1. The van der Waals surface area contributed by atoms with Crippen LogP contribution in [0, 0.1) is 0 Å². The first kappa shape index (κ1) is 16.5. The summed E-state index contributed by atoms with van der Waals surface area (Å²) >= 11 is 0. The first-order valence-corrected chi connectivity index (χ1v) is 7.61. The van der Waals surface area contributed by atoms with Crippen molar-refractivity contribution < 1.29 is 18.3 Å². The van der Waals surface area contributed by atoms with Crippen molar-refractivity contribution in [2.24, 2.45) is 0 Å². The Morgan fingerprint density at radius 2 is 1.29 bits per heavy atom. The Labute approximate surface area is 105 Å². The molecule has 0 N–H and O–H groups in total. The molecule has 0 radical (unpaired) electrons. The zero-order chi connectivity index (χ0) is 13.3. The van der Waals surface area contributed by atoms with Crippen molar-refractivity contribution in [2.45, 2.75) is 25.3 Å². The maximum absolute atomic E-state index is 5.63. The summed E-state index contributed by atoms with van der Waals surface area (Å²) in [5, 5.41) is 0. The standard InChI is InChI=1S/C12H24O4Si/c1-7-9-15-11(3)17(13-5,14-6)12(4)16-10-8-2/h7-8,11-12H,1-2,9-10H2,3-6H3. The largest absolute Gasteiger partial charge is 0.396 e. The summed E-state index contributed by atoms with van der Waals surface area (Å²) in [4.78, 5) is 0. The highest BCUT2D eigenvalue weighted by atomic mass is 28.4. The molecule has 17 heavy (non-hydrogen) atoms. The van der Waals surface area contributed by atoms with Crippen LogP contribution in [0.2, 0.25) is 0 Å². The van der Waals surface area contributed by atoms with Crippen molar-refractivity contribution in [3.05, 3.63) is 25.3 Å². The molecule has 5 heteroatoms. The van der Waals surface area contributed by atoms with Crippen LogP contribution in [-0.2, 0) is 18.3 Å². The zero-order valence-corrected chi connectivity index (χ0v) is 12.3. The molecule has 0 fully saturated rings. The Hall–Kier alpha value is -0.463. The fourth-order valence-electron chi connectivity index (χ4n) is 1.73. The maximum Gasteiger partial charge on any atom is 0.396 e. The van der Waals surface area contributed by atoms with Crippen molar-refractivity contribution >= 4 is 8.56 Å². The predicted octanol–water partition coefficient (Wildman–Crippen LogP) is 1.98. The topological polar surface area (TPSA) is 36.9 Å². The molecule has 0 aliphatic heterocycles. The van der Waals surface area contributed by atoms with Gasteiger partial charge in [-0.2, -0.15) is 0 Å². The van der Waals surface area contributed by atoms with E-state index in [2.05, 4.69) is 13.2 Å². The molecule has 2 unspecified atom stereocenters. The van der Waals surface area contributed by atoms with Gasteiger partial charge in [-0.15, -0.1) is 13.2 Å². The van der Waals surface area contributed by atoms with E-state index in [4.69, 9.17) is 18.3 Å². The molecule has 0 saturated heterocycles. The van der Waals surface area contributed by atoms with E-state index in [0.29, 0.717) is 13.2 Å². The first-order chi connectivity index (χ1) is 8.08.